The Balaban J connectivity index is 1.62. The van der Waals surface area contributed by atoms with Crippen LogP contribution in [0.1, 0.15) is 89.5 Å². The van der Waals surface area contributed by atoms with E-state index in [-0.39, 0.29) is 5.97 Å². The van der Waals surface area contributed by atoms with Crippen molar-refractivity contribution in [1.82, 2.24) is 0 Å². The molecular weight excluding hydrogens is 332 g/mol. The summed E-state index contributed by atoms with van der Waals surface area (Å²) in [6.07, 6.45) is 11.7. The van der Waals surface area contributed by atoms with Gasteiger partial charge in [0.1, 0.15) is 5.75 Å². The predicted octanol–water partition coefficient (Wildman–Crippen LogP) is 7.40. The molecule has 0 N–H and O–H groups in total. The first-order valence-electron chi connectivity index (χ1n) is 10.9. The molecule has 2 heteroatoms. The van der Waals surface area contributed by atoms with Gasteiger partial charge in [-0.25, -0.2) is 0 Å². The van der Waals surface area contributed by atoms with Crippen LogP contribution in [-0.4, -0.2) is 5.97 Å². The van der Waals surface area contributed by atoms with Gasteiger partial charge >= 0.3 is 5.97 Å². The molecule has 2 aromatic carbocycles. The van der Waals surface area contributed by atoms with E-state index in [2.05, 4.69) is 38.1 Å². The van der Waals surface area contributed by atoms with E-state index in [1.54, 1.807) is 0 Å². The summed E-state index contributed by atoms with van der Waals surface area (Å²) in [5, 5.41) is 2.39. The second kappa shape index (κ2) is 9.92. The molecule has 1 aliphatic rings. The molecule has 1 fully saturated rings. The lowest BCUT2D eigenvalue weighted by Gasteiger charge is -2.28. The number of unbranched alkanes of at least 4 members (excludes halogenated alkanes) is 2. The summed E-state index contributed by atoms with van der Waals surface area (Å²) in [4.78, 5) is 11.9. The highest BCUT2D eigenvalue weighted by Crippen LogP contribution is 2.38. The molecule has 2 nitrogen and oxygen atoms in total. The normalized spacial score (nSPS) is 19.9. The molecule has 1 aliphatic carbocycles. The number of carbonyl (C=O) groups excluding carboxylic acids is 1. The van der Waals surface area contributed by atoms with Gasteiger partial charge < -0.3 is 4.74 Å². The Morgan fingerprint density at radius 1 is 0.926 bits per heavy atom. The van der Waals surface area contributed by atoms with Crippen molar-refractivity contribution in [2.45, 2.75) is 84.0 Å². The molecule has 0 spiro atoms. The van der Waals surface area contributed by atoms with Crippen molar-refractivity contribution in [2.75, 3.05) is 0 Å². The molecule has 3 rings (SSSR count). The van der Waals surface area contributed by atoms with Gasteiger partial charge in [0, 0.05) is 6.42 Å². The fourth-order valence-electron chi connectivity index (χ4n) is 4.45. The molecule has 1 saturated carbocycles. The molecule has 0 amide bonds. The minimum atomic E-state index is -0.122. The van der Waals surface area contributed by atoms with Crippen molar-refractivity contribution in [3.63, 3.8) is 0 Å². The molecule has 0 saturated heterocycles. The van der Waals surface area contributed by atoms with Crippen molar-refractivity contribution in [1.29, 1.82) is 0 Å². The molecular formula is C25H34O2. The zero-order chi connectivity index (χ0) is 19.1. The maximum Gasteiger partial charge on any atom is 0.311 e. The van der Waals surface area contributed by atoms with Crippen LogP contribution in [0.25, 0.3) is 10.8 Å². The third-order valence-corrected chi connectivity index (χ3v) is 6.07. The van der Waals surface area contributed by atoms with E-state index in [1.807, 2.05) is 12.1 Å². The summed E-state index contributed by atoms with van der Waals surface area (Å²) in [6.45, 7) is 4.44. The molecule has 0 aliphatic heterocycles. The molecule has 27 heavy (non-hydrogen) atoms. The second-order valence-corrected chi connectivity index (χ2v) is 8.21. The van der Waals surface area contributed by atoms with E-state index < -0.39 is 0 Å². The summed E-state index contributed by atoms with van der Waals surface area (Å²) < 4.78 is 5.51. The van der Waals surface area contributed by atoms with Crippen molar-refractivity contribution in [3.8, 4) is 5.75 Å². The highest BCUT2D eigenvalue weighted by atomic mass is 16.5. The van der Waals surface area contributed by atoms with Crippen LogP contribution in [0.2, 0.25) is 0 Å². The molecule has 0 unspecified atom stereocenters. The number of fused-ring (bicyclic) bond motifs is 1. The number of rotatable bonds is 8. The maximum absolute atomic E-state index is 11.9. The van der Waals surface area contributed by atoms with Crippen molar-refractivity contribution in [3.05, 3.63) is 42.0 Å². The van der Waals surface area contributed by atoms with Gasteiger partial charge in [-0.2, -0.15) is 0 Å². The highest BCUT2D eigenvalue weighted by Gasteiger charge is 2.21. The average molecular weight is 367 g/mol. The van der Waals surface area contributed by atoms with E-state index in [0.717, 1.165) is 30.6 Å². The number of esters is 1. The molecule has 146 valence electrons. The molecule has 0 radical (unpaired) electrons. The summed E-state index contributed by atoms with van der Waals surface area (Å²) in [5.41, 5.74) is 1.47. The summed E-state index contributed by atoms with van der Waals surface area (Å²) in [6, 6.07) is 12.8. The first kappa shape index (κ1) is 19.9. The number of ether oxygens (including phenoxy) is 1. The fourth-order valence-corrected chi connectivity index (χ4v) is 4.45. The van der Waals surface area contributed by atoms with Gasteiger partial charge in [0.05, 0.1) is 0 Å². The van der Waals surface area contributed by atoms with Crippen molar-refractivity contribution in [2.24, 2.45) is 5.92 Å². The zero-order valence-electron chi connectivity index (χ0n) is 17.0. The van der Waals surface area contributed by atoms with E-state index in [0.29, 0.717) is 18.1 Å². The maximum atomic E-state index is 11.9. The third-order valence-electron chi connectivity index (χ3n) is 6.07. The Morgan fingerprint density at radius 2 is 1.67 bits per heavy atom. The van der Waals surface area contributed by atoms with Crippen LogP contribution in [0.3, 0.4) is 0 Å². The standard InChI is InChI=1S/C25H34O2/c1-3-5-6-8-25(26)27-24-16-15-22-17-21(13-14-23(22)18-24)20-11-9-19(7-4-2)10-12-20/h13-20H,3-12H2,1-2H3. The fraction of sp³-hybridized carbons (Fsp3) is 0.560. The third kappa shape index (κ3) is 5.57. The minimum absolute atomic E-state index is 0.122. The van der Waals surface area contributed by atoms with Gasteiger partial charge in [-0.1, -0.05) is 63.8 Å². The van der Waals surface area contributed by atoms with Gasteiger partial charge in [0.15, 0.2) is 0 Å². The predicted molar refractivity (Wildman–Crippen MR) is 113 cm³/mol. The van der Waals surface area contributed by atoms with Gasteiger partial charge in [-0.05, 0) is 72.4 Å². The largest absolute Gasteiger partial charge is 0.427 e. The molecule has 0 atom stereocenters. The second-order valence-electron chi connectivity index (χ2n) is 8.21. The van der Waals surface area contributed by atoms with Crippen LogP contribution < -0.4 is 4.74 Å². The van der Waals surface area contributed by atoms with Crippen LogP contribution in [0.5, 0.6) is 5.75 Å². The number of hydrogen-bond donors (Lipinski definition) is 0. The van der Waals surface area contributed by atoms with Crippen molar-refractivity contribution >= 4 is 16.7 Å². The van der Waals surface area contributed by atoms with E-state index in [4.69, 9.17) is 4.74 Å². The summed E-state index contributed by atoms with van der Waals surface area (Å²) in [5.74, 6) is 2.19. The van der Waals surface area contributed by atoms with Gasteiger partial charge in [0.25, 0.3) is 0 Å². The minimum Gasteiger partial charge on any atom is -0.427 e. The first-order valence-corrected chi connectivity index (χ1v) is 10.9. The lowest BCUT2D eigenvalue weighted by molar-refractivity contribution is -0.134. The smallest absolute Gasteiger partial charge is 0.311 e. The Bertz CT molecular complexity index is 741. The molecule has 2 aromatic rings. The summed E-state index contributed by atoms with van der Waals surface area (Å²) in [7, 11) is 0. The van der Waals surface area contributed by atoms with Crippen LogP contribution in [0.4, 0.5) is 0 Å². The van der Waals surface area contributed by atoms with E-state index in [1.165, 1.54) is 49.5 Å². The van der Waals surface area contributed by atoms with Gasteiger partial charge in [0.2, 0.25) is 0 Å². The van der Waals surface area contributed by atoms with Crippen LogP contribution >= 0.6 is 0 Å². The van der Waals surface area contributed by atoms with E-state index in [9.17, 15) is 4.79 Å². The van der Waals surface area contributed by atoms with Gasteiger partial charge in [-0.3, -0.25) is 4.79 Å². The Labute approximate surface area is 164 Å². The lowest BCUT2D eigenvalue weighted by Crippen LogP contribution is -2.13. The van der Waals surface area contributed by atoms with Crippen LogP contribution in [0, 0.1) is 5.92 Å². The Morgan fingerprint density at radius 3 is 2.41 bits per heavy atom. The zero-order valence-corrected chi connectivity index (χ0v) is 17.0. The summed E-state index contributed by atoms with van der Waals surface area (Å²) >= 11 is 0. The first-order chi connectivity index (χ1) is 13.2. The Hall–Kier alpha value is -1.83. The number of hydrogen-bond acceptors (Lipinski definition) is 2. The van der Waals surface area contributed by atoms with Gasteiger partial charge in [-0.15, -0.1) is 0 Å². The average Bonchev–Trinajstić information content (AvgIpc) is 2.69. The molecule has 0 bridgehead atoms. The molecule has 0 aromatic heterocycles. The quantitative estimate of drug-likeness (QED) is 0.276. The lowest BCUT2D eigenvalue weighted by atomic mass is 9.77. The number of benzene rings is 2. The van der Waals surface area contributed by atoms with Crippen LogP contribution in [-0.2, 0) is 4.79 Å². The van der Waals surface area contributed by atoms with Crippen LogP contribution in [0.15, 0.2) is 36.4 Å². The van der Waals surface area contributed by atoms with Crippen molar-refractivity contribution < 1.29 is 9.53 Å². The topological polar surface area (TPSA) is 26.3 Å². The molecule has 0 heterocycles. The Kier molecular flexibility index (Phi) is 7.32. The highest BCUT2D eigenvalue weighted by molar-refractivity contribution is 5.85. The number of carbonyl (C=O) groups is 1. The van der Waals surface area contributed by atoms with E-state index >= 15 is 0 Å². The SMILES string of the molecule is CCCCCC(=O)Oc1ccc2cc(C3CCC(CCC)CC3)ccc2c1. The monoisotopic (exact) mass is 366 g/mol.